The smallest absolute Gasteiger partial charge is 0.171 e. The molecule has 2 rings (SSSR count). The lowest BCUT2D eigenvalue weighted by atomic mass is 10.0. The lowest BCUT2D eigenvalue weighted by Gasteiger charge is -2.27. The summed E-state index contributed by atoms with van der Waals surface area (Å²) < 4.78 is 38.5. The molecule has 29 heavy (non-hydrogen) atoms. The van der Waals surface area contributed by atoms with E-state index in [1.165, 1.54) is 0 Å². The summed E-state index contributed by atoms with van der Waals surface area (Å²) in [5, 5.41) is -1.54. The van der Waals surface area contributed by atoms with Gasteiger partial charge >= 0.3 is 0 Å². The molecule has 0 saturated carbocycles. The van der Waals surface area contributed by atoms with Crippen LogP contribution in [0.15, 0.2) is 84.0 Å². The first-order valence-corrected chi connectivity index (χ1v) is 11.2. The number of sulfone groups is 1. The average Bonchev–Trinajstić information content (AvgIpc) is 2.72. The van der Waals surface area contributed by atoms with Crippen molar-refractivity contribution in [1.29, 1.82) is 0 Å². The van der Waals surface area contributed by atoms with Gasteiger partial charge in [-0.1, -0.05) is 84.0 Å². The maximum absolute atomic E-state index is 14.1. The molecule has 4 nitrogen and oxygen atoms in total. The zero-order valence-electron chi connectivity index (χ0n) is 17.5. The quantitative estimate of drug-likeness (QED) is 0.510. The van der Waals surface area contributed by atoms with Crippen LogP contribution in [0.25, 0.3) is 0 Å². The van der Waals surface area contributed by atoms with E-state index in [-0.39, 0.29) is 0 Å². The minimum absolute atomic E-state index is 0.360. The SMILES string of the molecule is COCC=C(C)C(c1ccccc1)S(=O)(=O)C(C(C)=CCOC)c1ccccc1. The van der Waals surface area contributed by atoms with E-state index in [0.717, 1.165) is 22.3 Å². The number of methoxy groups -OCH3 is 2. The number of benzene rings is 2. The van der Waals surface area contributed by atoms with Crippen molar-refractivity contribution < 1.29 is 17.9 Å². The highest BCUT2D eigenvalue weighted by molar-refractivity contribution is 7.92. The summed E-state index contributed by atoms with van der Waals surface area (Å²) in [6.45, 7) is 4.42. The fraction of sp³-hybridized carbons (Fsp3) is 0.333. The van der Waals surface area contributed by atoms with Crippen LogP contribution in [0.5, 0.6) is 0 Å². The third kappa shape index (κ3) is 5.89. The summed E-state index contributed by atoms with van der Waals surface area (Å²) in [5.41, 5.74) is 2.99. The molecule has 0 spiro atoms. The average molecular weight is 415 g/mol. The molecule has 0 aliphatic carbocycles. The second kappa shape index (κ2) is 11.1. The van der Waals surface area contributed by atoms with Crippen molar-refractivity contribution in [1.82, 2.24) is 0 Å². The van der Waals surface area contributed by atoms with Crippen molar-refractivity contribution in [3.8, 4) is 0 Å². The minimum atomic E-state index is -3.68. The van der Waals surface area contributed by atoms with Gasteiger partial charge in [-0.05, 0) is 25.0 Å². The lowest BCUT2D eigenvalue weighted by molar-refractivity contribution is 0.233. The van der Waals surface area contributed by atoms with Gasteiger partial charge in [-0.3, -0.25) is 0 Å². The molecular weight excluding hydrogens is 384 g/mol. The third-order valence-corrected chi connectivity index (χ3v) is 7.43. The van der Waals surface area contributed by atoms with Gasteiger partial charge in [-0.25, -0.2) is 8.42 Å². The Morgan fingerprint density at radius 1 is 0.759 bits per heavy atom. The molecule has 0 N–H and O–H groups in total. The largest absolute Gasteiger partial charge is 0.381 e. The maximum atomic E-state index is 14.1. The number of hydrogen-bond donors (Lipinski definition) is 0. The van der Waals surface area contributed by atoms with E-state index < -0.39 is 20.3 Å². The Morgan fingerprint density at radius 2 is 1.10 bits per heavy atom. The predicted molar refractivity (Wildman–Crippen MR) is 119 cm³/mol. The van der Waals surface area contributed by atoms with Crippen LogP contribution in [0.4, 0.5) is 0 Å². The Balaban J connectivity index is 2.67. The second-order valence-electron chi connectivity index (χ2n) is 6.98. The standard InChI is InChI=1S/C24H30O4S/c1-19(15-17-27-3)23(21-11-7-5-8-12-21)29(25,26)24(20(2)16-18-28-4)22-13-9-6-10-14-22/h5-16,23-24H,17-18H2,1-4H3. The van der Waals surface area contributed by atoms with Crippen LogP contribution in [0, 0.1) is 0 Å². The van der Waals surface area contributed by atoms with Crippen LogP contribution in [0.1, 0.15) is 35.5 Å². The molecule has 0 saturated heterocycles. The zero-order chi connectivity index (χ0) is 21.3. The van der Waals surface area contributed by atoms with E-state index in [1.54, 1.807) is 14.2 Å². The summed E-state index contributed by atoms with van der Waals surface area (Å²) >= 11 is 0. The highest BCUT2D eigenvalue weighted by Gasteiger charge is 2.38. The number of rotatable bonds is 10. The number of ether oxygens (including phenoxy) is 2. The Hall–Kier alpha value is -2.21. The minimum Gasteiger partial charge on any atom is -0.381 e. The highest BCUT2D eigenvalue weighted by atomic mass is 32.2. The van der Waals surface area contributed by atoms with Crippen LogP contribution in [-0.2, 0) is 19.3 Å². The molecule has 2 aromatic rings. The van der Waals surface area contributed by atoms with Crippen molar-refractivity contribution in [3.63, 3.8) is 0 Å². The van der Waals surface area contributed by atoms with Crippen molar-refractivity contribution in [2.75, 3.05) is 27.4 Å². The van der Waals surface area contributed by atoms with Gasteiger partial charge in [0.15, 0.2) is 9.84 Å². The molecule has 156 valence electrons. The molecule has 2 atom stereocenters. The lowest BCUT2D eigenvalue weighted by Crippen LogP contribution is -2.23. The molecule has 5 heteroatoms. The number of hydrogen-bond acceptors (Lipinski definition) is 4. The van der Waals surface area contributed by atoms with Crippen molar-refractivity contribution in [3.05, 3.63) is 95.1 Å². The topological polar surface area (TPSA) is 52.6 Å². The van der Waals surface area contributed by atoms with E-state index in [1.807, 2.05) is 86.7 Å². The summed E-state index contributed by atoms with van der Waals surface area (Å²) in [5.74, 6) is 0. The van der Waals surface area contributed by atoms with Crippen LogP contribution in [0.3, 0.4) is 0 Å². The Morgan fingerprint density at radius 3 is 1.41 bits per heavy atom. The molecule has 0 radical (unpaired) electrons. The molecule has 0 amide bonds. The molecule has 0 aromatic heterocycles. The molecule has 0 aliphatic rings. The van der Waals surface area contributed by atoms with Crippen LogP contribution in [0.2, 0.25) is 0 Å². The first-order chi connectivity index (χ1) is 13.9. The van der Waals surface area contributed by atoms with E-state index in [2.05, 4.69) is 0 Å². The third-order valence-electron chi connectivity index (χ3n) is 4.83. The fourth-order valence-electron chi connectivity index (χ4n) is 3.46. The van der Waals surface area contributed by atoms with Gasteiger partial charge in [0.05, 0.1) is 13.2 Å². The summed E-state index contributed by atoms with van der Waals surface area (Å²) in [7, 11) is -0.481. The van der Waals surface area contributed by atoms with Gasteiger partial charge < -0.3 is 9.47 Å². The van der Waals surface area contributed by atoms with E-state index in [9.17, 15) is 8.42 Å². The van der Waals surface area contributed by atoms with Crippen LogP contribution < -0.4 is 0 Å². The van der Waals surface area contributed by atoms with Gasteiger partial charge in [-0.15, -0.1) is 0 Å². The molecule has 2 unspecified atom stereocenters. The molecule has 0 bridgehead atoms. The predicted octanol–water partition coefficient (Wildman–Crippen LogP) is 5.07. The van der Waals surface area contributed by atoms with Crippen molar-refractivity contribution in [2.24, 2.45) is 0 Å². The molecule has 2 aromatic carbocycles. The second-order valence-corrected chi connectivity index (χ2v) is 9.10. The summed E-state index contributed by atoms with van der Waals surface area (Å²) in [6.07, 6.45) is 3.68. The Bertz CT molecular complexity index is 844. The van der Waals surface area contributed by atoms with Crippen molar-refractivity contribution in [2.45, 2.75) is 24.3 Å². The maximum Gasteiger partial charge on any atom is 0.171 e. The van der Waals surface area contributed by atoms with E-state index in [4.69, 9.17) is 9.47 Å². The van der Waals surface area contributed by atoms with Crippen molar-refractivity contribution >= 4 is 9.84 Å². The molecule has 0 heterocycles. The van der Waals surface area contributed by atoms with Gasteiger partial charge in [0, 0.05) is 14.2 Å². The summed E-state index contributed by atoms with van der Waals surface area (Å²) in [4.78, 5) is 0. The zero-order valence-corrected chi connectivity index (χ0v) is 18.4. The molecular formula is C24H30O4S. The van der Waals surface area contributed by atoms with Gasteiger partial charge in [0.2, 0.25) is 0 Å². The fourth-order valence-corrected chi connectivity index (χ4v) is 6.03. The Kier molecular flexibility index (Phi) is 8.83. The first kappa shape index (κ1) is 23.1. The van der Waals surface area contributed by atoms with Crippen LogP contribution >= 0.6 is 0 Å². The van der Waals surface area contributed by atoms with Crippen LogP contribution in [-0.4, -0.2) is 35.9 Å². The van der Waals surface area contributed by atoms with Gasteiger partial charge in [-0.2, -0.15) is 0 Å². The monoisotopic (exact) mass is 414 g/mol. The Labute approximate surface area is 174 Å². The first-order valence-electron chi connectivity index (χ1n) is 9.57. The molecule has 0 fully saturated rings. The summed E-state index contributed by atoms with van der Waals surface area (Å²) in [6, 6.07) is 18.7. The van der Waals surface area contributed by atoms with Gasteiger partial charge in [0.25, 0.3) is 0 Å². The van der Waals surface area contributed by atoms with Gasteiger partial charge in [0.1, 0.15) is 10.5 Å². The molecule has 0 aliphatic heterocycles. The highest BCUT2D eigenvalue weighted by Crippen LogP contribution is 2.42. The normalized spacial score (nSPS) is 15.2. The van der Waals surface area contributed by atoms with E-state index >= 15 is 0 Å². The van der Waals surface area contributed by atoms with E-state index in [0.29, 0.717) is 13.2 Å².